The van der Waals surface area contributed by atoms with Crippen molar-refractivity contribution < 1.29 is 29.1 Å². The van der Waals surface area contributed by atoms with Gasteiger partial charge < -0.3 is 20.2 Å². The average molecular weight is 475 g/mol. The van der Waals surface area contributed by atoms with Crippen LogP contribution in [0.15, 0.2) is 36.4 Å². The third-order valence-electron chi connectivity index (χ3n) is 5.75. The number of carboxylic acids is 1. The van der Waals surface area contributed by atoms with Gasteiger partial charge in [0.05, 0.1) is 0 Å². The van der Waals surface area contributed by atoms with Crippen molar-refractivity contribution in [2.24, 2.45) is 0 Å². The normalized spacial score (nSPS) is 22.8. The molecule has 0 spiro atoms. The van der Waals surface area contributed by atoms with Crippen molar-refractivity contribution in [2.75, 3.05) is 7.05 Å². The van der Waals surface area contributed by atoms with Crippen LogP contribution in [-0.2, 0) is 19.2 Å². The van der Waals surface area contributed by atoms with Gasteiger partial charge >= 0.3 is 12.0 Å². The molecule has 4 rings (SSSR count). The predicted molar refractivity (Wildman–Crippen MR) is 122 cm³/mol. The number of aliphatic carboxylic acids is 1. The molecule has 4 aliphatic rings. The van der Waals surface area contributed by atoms with E-state index in [1.165, 1.54) is 36.9 Å². The van der Waals surface area contributed by atoms with Crippen molar-refractivity contribution >= 4 is 41.7 Å². The third-order valence-corrected chi connectivity index (χ3v) is 7.00. The second kappa shape index (κ2) is 8.54. The number of fused-ring (bicyclic) bond motifs is 1. The number of carboxylic acid groups (broad SMARTS) is 1. The largest absolute Gasteiger partial charge is 0.479 e. The fraction of sp³-hybridized carbons (Fsp3) is 0.409. The van der Waals surface area contributed by atoms with Gasteiger partial charge in [0.25, 0.3) is 5.91 Å². The zero-order chi connectivity index (χ0) is 24.8. The Morgan fingerprint density at radius 2 is 1.76 bits per heavy atom. The molecule has 0 saturated carbocycles. The fourth-order valence-corrected chi connectivity index (χ4v) is 4.90. The summed E-state index contributed by atoms with van der Waals surface area (Å²) in [5.74, 6) is -2.90. The molecule has 2 aliphatic heterocycles. The molecule has 0 aromatic rings. The Hall–Kier alpha value is -3.34. The molecule has 5 amide bonds. The van der Waals surface area contributed by atoms with E-state index in [4.69, 9.17) is 0 Å². The number of likely N-dealkylation sites (N-methyl/N-ethyl adjacent to an activating group) is 1. The van der Waals surface area contributed by atoms with Crippen molar-refractivity contribution in [1.29, 1.82) is 0 Å². The Morgan fingerprint density at radius 1 is 1.18 bits per heavy atom. The van der Waals surface area contributed by atoms with Crippen LogP contribution in [0, 0.1) is 0 Å². The van der Waals surface area contributed by atoms with E-state index in [2.05, 4.69) is 36.2 Å². The van der Waals surface area contributed by atoms with Crippen molar-refractivity contribution in [3.8, 4) is 11.1 Å². The number of carbonyl (C=O) groups excluding carboxylic acids is 4. The monoisotopic (exact) mass is 474 g/mol. The van der Waals surface area contributed by atoms with Gasteiger partial charge in [0.15, 0.2) is 6.04 Å². The van der Waals surface area contributed by atoms with Crippen LogP contribution in [0.2, 0.25) is 0 Å². The zero-order valence-corrected chi connectivity index (χ0v) is 19.8. The lowest BCUT2D eigenvalue weighted by atomic mass is 9.99. The van der Waals surface area contributed by atoms with Gasteiger partial charge in [-0.1, -0.05) is 24.8 Å². The van der Waals surface area contributed by atoms with Gasteiger partial charge in [-0.3, -0.25) is 14.4 Å². The molecule has 11 heteroatoms. The predicted octanol–water partition coefficient (Wildman–Crippen LogP) is 1.68. The molecule has 2 saturated heterocycles. The van der Waals surface area contributed by atoms with Crippen molar-refractivity contribution in [3.05, 3.63) is 36.4 Å². The zero-order valence-electron chi connectivity index (χ0n) is 19.0. The Labute approximate surface area is 195 Å². The van der Waals surface area contributed by atoms with Crippen molar-refractivity contribution in [2.45, 2.75) is 50.7 Å². The number of imide groups is 1. The molecule has 2 aliphatic carbocycles. The summed E-state index contributed by atoms with van der Waals surface area (Å²) in [5, 5.41) is 11.0. The molecule has 0 aromatic heterocycles. The highest BCUT2D eigenvalue weighted by Gasteiger charge is 2.58. The van der Waals surface area contributed by atoms with Gasteiger partial charge in [-0.15, -0.1) is 0 Å². The summed E-state index contributed by atoms with van der Waals surface area (Å²) in [6, 6.07) is 5.51. The van der Waals surface area contributed by atoms with E-state index in [0.29, 0.717) is 0 Å². The number of rotatable bonds is 6. The van der Waals surface area contributed by atoms with Crippen LogP contribution >= 0.6 is 11.9 Å². The number of nitrogens with one attached hydrogen (secondary N) is 1. The summed E-state index contributed by atoms with van der Waals surface area (Å²) < 4.78 is 0.899. The molecule has 0 radical (unpaired) electrons. The van der Waals surface area contributed by atoms with Crippen LogP contribution in [0.3, 0.4) is 0 Å². The van der Waals surface area contributed by atoms with E-state index >= 15 is 0 Å². The summed E-state index contributed by atoms with van der Waals surface area (Å²) >= 11 is 0.720. The second-order valence-electron chi connectivity index (χ2n) is 8.59. The summed E-state index contributed by atoms with van der Waals surface area (Å²) in [6.45, 7) is 9.44. The fourth-order valence-electron chi connectivity index (χ4n) is 3.52. The van der Waals surface area contributed by atoms with Crippen LogP contribution in [-0.4, -0.2) is 79.0 Å². The quantitative estimate of drug-likeness (QED) is 0.282. The third kappa shape index (κ3) is 4.32. The van der Waals surface area contributed by atoms with Gasteiger partial charge in [-0.2, -0.15) is 0 Å². The Kier molecular flexibility index (Phi) is 6.29. The summed E-state index contributed by atoms with van der Waals surface area (Å²) in [7, 11) is 1.48. The highest BCUT2D eigenvalue weighted by atomic mass is 32.2. The Bertz CT molecular complexity index is 1040. The SMILES string of the molecule is C=C(C)C(C(=O)O)N1C(=O)C(NC(C)=O)C1SN1C(=O)N(C)C(C)(C)C1=O.c1cc2cc-2c1. The van der Waals surface area contributed by atoms with Crippen LogP contribution in [0.5, 0.6) is 0 Å². The molecule has 33 heavy (non-hydrogen) atoms. The molecule has 10 nitrogen and oxygen atoms in total. The number of nitrogens with zero attached hydrogens (tertiary/aromatic N) is 3. The van der Waals surface area contributed by atoms with E-state index in [1.807, 2.05) is 0 Å². The first-order valence-corrected chi connectivity index (χ1v) is 11.0. The highest BCUT2D eigenvalue weighted by molar-refractivity contribution is 7.98. The standard InChI is InChI=1S/C16H22N4O6S.C6H4/c1-7(2)10(13(23)24)19-11(22)9(17-8(3)21)12(19)27-20-14(25)16(4,5)18(6)15(20)26;1-2-5-4-6(5)3-1/h9-10,12H,1H2,2-6H3,(H,17,21)(H,23,24);1-4H. The number of benzene rings is 1. The van der Waals surface area contributed by atoms with E-state index in [-0.39, 0.29) is 5.57 Å². The van der Waals surface area contributed by atoms with E-state index in [1.54, 1.807) is 13.8 Å². The van der Waals surface area contributed by atoms with Crippen molar-refractivity contribution in [3.63, 3.8) is 0 Å². The molecule has 176 valence electrons. The number of amides is 5. The number of carbonyl (C=O) groups is 5. The van der Waals surface area contributed by atoms with Gasteiger partial charge in [-0.05, 0) is 55.5 Å². The summed E-state index contributed by atoms with van der Waals surface area (Å²) in [6.07, 6.45) is 0. The summed E-state index contributed by atoms with van der Waals surface area (Å²) in [4.78, 5) is 62.8. The van der Waals surface area contributed by atoms with Crippen LogP contribution < -0.4 is 5.32 Å². The maximum atomic E-state index is 12.6. The van der Waals surface area contributed by atoms with Crippen molar-refractivity contribution in [1.82, 2.24) is 19.4 Å². The molecular weight excluding hydrogens is 448 g/mol. The highest BCUT2D eigenvalue weighted by Crippen LogP contribution is 2.40. The van der Waals surface area contributed by atoms with Crippen LogP contribution in [0.1, 0.15) is 27.7 Å². The molecule has 3 unspecified atom stereocenters. The number of likely N-dealkylation sites (tertiary alicyclic amines) is 1. The van der Waals surface area contributed by atoms with Gasteiger partial charge in [0.1, 0.15) is 17.0 Å². The molecule has 2 fully saturated rings. The van der Waals surface area contributed by atoms with Crippen LogP contribution in [0.4, 0.5) is 4.79 Å². The minimum absolute atomic E-state index is 0.208. The molecule has 0 bridgehead atoms. The lowest BCUT2D eigenvalue weighted by Crippen LogP contribution is -2.73. The van der Waals surface area contributed by atoms with Gasteiger partial charge in [0.2, 0.25) is 11.8 Å². The van der Waals surface area contributed by atoms with E-state index in [0.717, 1.165) is 21.2 Å². The number of hydrogen-bond donors (Lipinski definition) is 2. The molecule has 0 aromatic carbocycles. The number of hydrogen-bond acceptors (Lipinski definition) is 6. The molecule has 2 N–H and O–H groups in total. The Morgan fingerprint density at radius 3 is 2.09 bits per heavy atom. The number of urea groups is 1. The smallest absolute Gasteiger partial charge is 0.337 e. The van der Waals surface area contributed by atoms with Gasteiger partial charge in [-0.25, -0.2) is 13.9 Å². The lowest BCUT2D eigenvalue weighted by molar-refractivity contribution is -0.159. The number of β-lactam (4-membered cyclic amide) rings is 1. The van der Waals surface area contributed by atoms with Gasteiger partial charge in [0, 0.05) is 14.0 Å². The van der Waals surface area contributed by atoms with E-state index in [9.17, 15) is 29.1 Å². The molecule has 2 heterocycles. The topological polar surface area (TPSA) is 127 Å². The maximum absolute atomic E-state index is 12.6. The second-order valence-corrected chi connectivity index (χ2v) is 9.65. The maximum Gasteiger partial charge on any atom is 0.337 e. The summed E-state index contributed by atoms with van der Waals surface area (Å²) in [5.41, 5.74) is 1.98. The molecular formula is C22H26N4O6S. The first kappa shape index (κ1) is 24.3. The minimum atomic E-state index is -1.33. The Balaban J connectivity index is 0.000000431. The lowest BCUT2D eigenvalue weighted by Gasteiger charge is -2.49. The first-order valence-electron chi connectivity index (χ1n) is 10.2. The first-order chi connectivity index (χ1) is 15.3. The average Bonchev–Trinajstić information content (AvgIpc) is 3.30. The molecule has 3 atom stereocenters. The minimum Gasteiger partial charge on any atom is -0.479 e. The van der Waals surface area contributed by atoms with E-state index < -0.39 is 52.7 Å². The van der Waals surface area contributed by atoms with Crippen LogP contribution in [0.25, 0.3) is 11.1 Å².